The molecule has 0 bridgehead atoms. The largest absolute Gasteiger partial charge is 0.497 e. The van der Waals surface area contributed by atoms with Crippen LogP contribution in [-0.2, 0) is 22.6 Å². The van der Waals surface area contributed by atoms with E-state index < -0.39 is 6.04 Å². The minimum absolute atomic E-state index is 0.0697. The number of carbonyl (C=O) groups is 2. The van der Waals surface area contributed by atoms with Crippen LogP contribution in [0, 0.1) is 0 Å². The van der Waals surface area contributed by atoms with Gasteiger partial charge >= 0.3 is 0 Å². The van der Waals surface area contributed by atoms with Crippen molar-refractivity contribution in [1.82, 2.24) is 10.2 Å². The number of aryl methyl sites for hydroxylation is 1. The zero-order chi connectivity index (χ0) is 24.5. The summed E-state index contributed by atoms with van der Waals surface area (Å²) in [5.74, 6) is 1.87. The number of nitrogens with zero attached hydrogens (tertiary/aromatic N) is 1. The van der Waals surface area contributed by atoms with E-state index >= 15 is 0 Å². The number of rotatable bonds is 11. The maximum atomic E-state index is 13.4. The highest BCUT2D eigenvalue weighted by Gasteiger charge is 2.28. The molecular formula is C27H36N2O5. The fraction of sp³-hybridized carbons (Fsp3) is 0.481. The van der Waals surface area contributed by atoms with Crippen LogP contribution in [0.25, 0.3) is 0 Å². The van der Waals surface area contributed by atoms with Gasteiger partial charge in [-0.3, -0.25) is 9.59 Å². The summed E-state index contributed by atoms with van der Waals surface area (Å²) in [5, 5.41) is 3.14. The maximum absolute atomic E-state index is 13.4. The molecule has 184 valence electrons. The molecule has 0 spiro atoms. The lowest BCUT2D eigenvalue weighted by atomic mass is 10.1. The molecule has 3 rings (SSSR count). The summed E-state index contributed by atoms with van der Waals surface area (Å²) in [4.78, 5) is 28.1. The van der Waals surface area contributed by atoms with E-state index in [4.69, 9.17) is 14.2 Å². The van der Waals surface area contributed by atoms with Gasteiger partial charge in [0.15, 0.2) is 11.5 Å². The third-order valence-electron chi connectivity index (χ3n) is 6.46. The summed E-state index contributed by atoms with van der Waals surface area (Å²) in [6, 6.07) is 12.9. The average molecular weight is 469 g/mol. The van der Waals surface area contributed by atoms with Crippen LogP contribution in [0.3, 0.4) is 0 Å². The van der Waals surface area contributed by atoms with Gasteiger partial charge in [-0.15, -0.1) is 0 Å². The second-order valence-corrected chi connectivity index (χ2v) is 8.72. The number of ether oxygens (including phenoxy) is 3. The zero-order valence-corrected chi connectivity index (χ0v) is 20.6. The number of amides is 2. The Morgan fingerprint density at radius 3 is 2.21 bits per heavy atom. The molecule has 34 heavy (non-hydrogen) atoms. The normalized spacial score (nSPS) is 14.4. The SMILES string of the molecule is COc1ccc(CN(C(=O)CCc2ccc(OC)c(OC)c2)C(C)C(=O)NC2CCCC2)cc1. The number of hydrogen-bond donors (Lipinski definition) is 1. The molecule has 0 radical (unpaired) electrons. The first-order chi connectivity index (χ1) is 16.4. The number of hydrogen-bond acceptors (Lipinski definition) is 5. The number of methoxy groups -OCH3 is 3. The maximum Gasteiger partial charge on any atom is 0.242 e. The van der Waals surface area contributed by atoms with E-state index in [-0.39, 0.29) is 24.3 Å². The molecule has 2 aromatic carbocycles. The predicted molar refractivity (Wildman–Crippen MR) is 131 cm³/mol. The molecule has 1 unspecified atom stereocenters. The summed E-state index contributed by atoms with van der Waals surface area (Å²) in [6.45, 7) is 2.16. The van der Waals surface area contributed by atoms with Gasteiger partial charge in [-0.05, 0) is 61.6 Å². The molecular weight excluding hydrogens is 432 g/mol. The van der Waals surface area contributed by atoms with E-state index in [1.165, 1.54) is 0 Å². The van der Waals surface area contributed by atoms with Crippen LogP contribution in [0.2, 0.25) is 0 Å². The van der Waals surface area contributed by atoms with Crippen molar-refractivity contribution < 1.29 is 23.8 Å². The Morgan fingerprint density at radius 1 is 0.941 bits per heavy atom. The Balaban J connectivity index is 1.72. The molecule has 1 aliphatic carbocycles. The van der Waals surface area contributed by atoms with Gasteiger partial charge in [-0.1, -0.05) is 31.0 Å². The lowest BCUT2D eigenvalue weighted by molar-refractivity contribution is -0.140. The minimum atomic E-state index is -0.569. The van der Waals surface area contributed by atoms with Gasteiger partial charge in [-0.25, -0.2) is 0 Å². The van der Waals surface area contributed by atoms with Crippen molar-refractivity contribution in [2.24, 2.45) is 0 Å². The first-order valence-electron chi connectivity index (χ1n) is 11.9. The van der Waals surface area contributed by atoms with E-state index in [1.54, 1.807) is 26.2 Å². The van der Waals surface area contributed by atoms with Gasteiger partial charge < -0.3 is 24.4 Å². The predicted octanol–water partition coefficient (Wildman–Crippen LogP) is 4.12. The molecule has 1 aliphatic rings. The number of benzene rings is 2. The molecule has 2 aromatic rings. The molecule has 1 atom stereocenters. The Morgan fingerprint density at radius 2 is 1.59 bits per heavy atom. The number of nitrogens with one attached hydrogen (secondary N) is 1. The first kappa shape index (κ1) is 25.4. The van der Waals surface area contributed by atoms with Gasteiger partial charge in [-0.2, -0.15) is 0 Å². The monoisotopic (exact) mass is 468 g/mol. The van der Waals surface area contributed by atoms with Crippen molar-refractivity contribution in [2.45, 2.75) is 64.1 Å². The quantitative estimate of drug-likeness (QED) is 0.537. The van der Waals surface area contributed by atoms with Crippen molar-refractivity contribution in [1.29, 1.82) is 0 Å². The summed E-state index contributed by atoms with van der Waals surface area (Å²) >= 11 is 0. The van der Waals surface area contributed by atoms with Crippen molar-refractivity contribution in [3.63, 3.8) is 0 Å². The fourth-order valence-electron chi connectivity index (χ4n) is 4.33. The average Bonchev–Trinajstić information content (AvgIpc) is 3.38. The lowest BCUT2D eigenvalue weighted by Gasteiger charge is -2.30. The standard InChI is InChI=1S/C27H36N2O5/c1-19(27(31)28-22-7-5-6-8-22)29(18-21-9-13-23(32-2)14-10-21)26(30)16-12-20-11-15-24(33-3)25(17-20)34-4/h9-11,13-15,17,19,22H,5-8,12,16,18H2,1-4H3,(H,28,31). The first-order valence-corrected chi connectivity index (χ1v) is 11.9. The molecule has 1 saturated carbocycles. The van der Waals surface area contributed by atoms with Crippen LogP contribution in [0.5, 0.6) is 17.2 Å². The molecule has 0 saturated heterocycles. The highest BCUT2D eigenvalue weighted by Crippen LogP contribution is 2.28. The zero-order valence-electron chi connectivity index (χ0n) is 20.6. The van der Waals surface area contributed by atoms with Crippen LogP contribution in [0.4, 0.5) is 0 Å². The molecule has 0 heterocycles. The van der Waals surface area contributed by atoms with Crippen molar-refractivity contribution in [3.05, 3.63) is 53.6 Å². The molecule has 0 aromatic heterocycles. The van der Waals surface area contributed by atoms with Crippen LogP contribution in [0.1, 0.15) is 50.2 Å². The number of carbonyl (C=O) groups excluding carboxylic acids is 2. The molecule has 1 N–H and O–H groups in total. The molecule has 7 nitrogen and oxygen atoms in total. The van der Waals surface area contributed by atoms with Crippen LogP contribution < -0.4 is 19.5 Å². The van der Waals surface area contributed by atoms with E-state index in [0.717, 1.165) is 42.6 Å². The Labute approximate surface area is 202 Å². The van der Waals surface area contributed by atoms with Gasteiger partial charge in [0.25, 0.3) is 0 Å². The fourth-order valence-corrected chi connectivity index (χ4v) is 4.33. The van der Waals surface area contributed by atoms with E-state index in [2.05, 4.69) is 5.32 Å². The third-order valence-corrected chi connectivity index (χ3v) is 6.46. The molecule has 7 heteroatoms. The van der Waals surface area contributed by atoms with E-state index in [9.17, 15) is 9.59 Å². The smallest absolute Gasteiger partial charge is 0.242 e. The summed E-state index contributed by atoms with van der Waals surface area (Å²) in [7, 11) is 4.80. The second kappa shape index (κ2) is 12.3. The van der Waals surface area contributed by atoms with Crippen LogP contribution in [-0.4, -0.2) is 50.1 Å². The van der Waals surface area contributed by atoms with Crippen LogP contribution >= 0.6 is 0 Å². The topological polar surface area (TPSA) is 77.1 Å². The van der Waals surface area contributed by atoms with Crippen molar-refractivity contribution in [3.8, 4) is 17.2 Å². The highest BCUT2D eigenvalue weighted by molar-refractivity contribution is 5.87. The molecule has 0 aliphatic heterocycles. The van der Waals surface area contributed by atoms with Gasteiger partial charge in [0.05, 0.1) is 21.3 Å². The minimum Gasteiger partial charge on any atom is -0.497 e. The summed E-state index contributed by atoms with van der Waals surface area (Å²) < 4.78 is 15.9. The second-order valence-electron chi connectivity index (χ2n) is 8.72. The molecule has 1 fully saturated rings. The Bertz CT molecular complexity index is 954. The Hall–Kier alpha value is -3.22. The Kier molecular flexibility index (Phi) is 9.19. The summed E-state index contributed by atoms with van der Waals surface area (Å²) in [5.41, 5.74) is 1.92. The van der Waals surface area contributed by atoms with Gasteiger partial charge in [0.1, 0.15) is 11.8 Å². The molecule has 2 amide bonds. The highest BCUT2D eigenvalue weighted by atomic mass is 16.5. The van der Waals surface area contributed by atoms with Crippen molar-refractivity contribution >= 4 is 11.8 Å². The van der Waals surface area contributed by atoms with Crippen LogP contribution in [0.15, 0.2) is 42.5 Å². The van der Waals surface area contributed by atoms with E-state index in [0.29, 0.717) is 24.5 Å². The van der Waals surface area contributed by atoms with Gasteiger partial charge in [0.2, 0.25) is 11.8 Å². The van der Waals surface area contributed by atoms with E-state index in [1.807, 2.05) is 49.4 Å². The third kappa shape index (κ3) is 6.65. The van der Waals surface area contributed by atoms with Crippen molar-refractivity contribution in [2.75, 3.05) is 21.3 Å². The lowest BCUT2D eigenvalue weighted by Crippen LogP contribution is -2.49. The van der Waals surface area contributed by atoms with Gasteiger partial charge in [0, 0.05) is 19.0 Å². The summed E-state index contributed by atoms with van der Waals surface area (Å²) in [6.07, 6.45) is 5.11.